The Balaban J connectivity index is 0.000000157. The Kier molecular flexibility index (Phi) is 9.14. The fourth-order valence-electron chi connectivity index (χ4n) is 6.33. The molecule has 0 radical (unpaired) electrons. The fourth-order valence-corrected chi connectivity index (χ4v) is 6.33. The molecule has 0 aliphatic carbocycles. The van der Waals surface area contributed by atoms with Gasteiger partial charge in [0, 0.05) is 44.7 Å². The number of aliphatic hydroxyl groups excluding tert-OH is 2. The van der Waals surface area contributed by atoms with Gasteiger partial charge in [-0.05, 0) is 84.3 Å². The Morgan fingerprint density at radius 1 is 0.700 bits per heavy atom. The normalized spacial score (nSPS) is 12.0. The lowest BCUT2D eigenvalue weighted by Crippen LogP contribution is -2.08. The molecule has 1 atom stereocenters. The smallest absolute Gasteiger partial charge is 0.128 e. The van der Waals surface area contributed by atoms with Crippen LogP contribution >= 0.6 is 0 Å². The lowest BCUT2D eigenvalue weighted by atomic mass is 9.94. The summed E-state index contributed by atoms with van der Waals surface area (Å²) in [5.74, 6) is 0. The third kappa shape index (κ3) is 6.59. The minimum Gasteiger partial charge on any atom is -0.399 e. The summed E-state index contributed by atoms with van der Waals surface area (Å²) in [6, 6.07) is 43.5. The van der Waals surface area contributed by atoms with Gasteiger partial charge in [-0.3, -0.25) is 4.99 Å². The van der Waals surface area contributed by atoms with Crippen molar-refractivity contribution in [2.24, 2.45) is 10.7 Å². The number of nitrogens with zero attached hydrogens (tertiary/aromatic N) is 3. The van der Waals surface area contributed by atoms with E-state index in [1.54, 1.807) is 18.3 Å². The Labute approximate surface area is 289 Å². The maximum atomic E-state index is 9.93. The van der Waals surface area contributed by atoms with Crippen LogP contribution in [0.1, 0.15) is 24.3 Å². The number of hydrogen-bond donors (Lipinski definition) is 5. The first-order chi connectivity index (χ1) is 24.4. The van der Waals surface area contributed by atoms with E-state index in [1.165, 1.54) is 0 Å². The Bertz CT molecular complexity index is 2420. The SMILES string of the molecule is CC=Nc1cc(-c2c3ccccc3nc3ccccc23)cc(C(N)O)c1.Nc1cc(CO)cc(Nc2c3ccccc3nc3ccccc23)c1. The van der Waals surface area contributed by atoms with E-state index in [2.05, 4.69) is 34.6 Å². The van der Waals surface area contributed by atoms with E-state index in [9.17, 15) is 10.2 Å². The molecule has 0 aliphatic rings. The molecule has 0 saturated carbocycles. The zero-order valence-electron chi connectivity index (χ0n) is 27.5. The number of nitrogens with two attached hydrogens (primary N) is 2. The summed E-state index contributed by atoms with van der Waals surface area (Å²) in [5, 5.41) is 27.0. The quantitative estimate of drug-likeness (QED) is 0.0520. The summed E-state index contributed by atoms with van der Waals surface area (Å²) in [6.07, 6.45) is 0.675. The number of benzene rings is 6. The third-order valence-electron chi connectivity index (χ3n) is 8.49. The summed E-state index contributed by atoms with van der Waals surface area (Å²) < 4.78 is 0. The van der Waals surface area contributed by atoms with Gasteiger partial charge in [0.1, 0.15) is 6.23 Å². The minimum atomic E-state index is -1.06. The lowest BCUT2D eigenvalue weighted by molar-refractivity contribution is 0.186. The number of hydrogen-bond acceptors (Lipinski definition) is 8. The van der Waals surface area contributed by atoms with Crippen LogP contribution in [0.2, 0.25) is 0 Å². The van der Waals surface area contributed by atoms with E-state index in [-0.39, 0.29) is 6.61 Å². The van der Waals surface area contributed by atoms with Crippen molar-refractivity contribution in [3.63, 3.8) is 0 Å². The van der Waals surface area contributed by atoms with Crippen LogP contribution in [0.15, 0.2) is 138 Å². The highest BCUT2D eigenvalue weighted by Gasteiger charge is 2.14. The van der Waals surface area contributed by atoms with E-state index in [0.717, 1.165) is 77.4 Å². The average Bonchev–Trinajstić information content (AvgIpc) is 3.13. The van der Waals surface area contributed by atoms with E-state index >= 15 is 0 Å². The Hall–Kier alpha value is -6.19. The minimum absolute atomic E-state index is 0.0441. The van der Waals surface area contributed by atoms with Crippen LogP contribution in [0.25, 0.3) is 54.7 Å². The van der Waals surface area contributed by atoms with Crippen LogP contribution < -0.4 is 16.8 Å². The molecule has 8 nitrogen and oxygen atoms in total. The molecule has 0 aliphatic heterocycles. The van der Waals surface area contributed by atoms with Crippen LogP contribution in [0.4, 0.5) is 22.7 Å². The molecule has 8 rings (SSSR count). The third-order valence-corrected chi connectivity index (χ3v) is 8.49. The van der Waals surface area contributed by atoms with Crippen molar-refractivity contribution < 1.29 is 10.2 Å². The van der Waals surface area contributed by atoms with Crippen LogP contribution in [0, 0.1) is 0 Å². The zero-order chi connectivity index (χ0) is 34.6. The van der Waals surface area contributed by atoms with Crippen LogP contribution in [-0.4, -0.2) is 26.4 Å². The van der Waals surface area contributed by atoms with Crippen LogP contribution in [-0.2, 0) is 6.61 Å². The fraction of sp³-hybridized carbons (Fsp3) is 0.0714. The van der Waals surface area contributed by atoms with Crippen molar-refractivity contribution in [3.05, 3.63) is 145 Å². The molecular weight excluding hydrogens is 621 g/mol. The Morgan fingerprint density at radius 3 is 1.74 bits per heavy atom. The molecule has 0 saturated heterocycles. The Morgan fingerprint density at radius 2 is 1.22 bits per heavy atom. The maximum absolute atomic E-state index is 9.93. The van der Waals surface area contributed by atoms with Crippen molar-refractivity contribution in [3.8, 4) is 11.1 Å². The van der Waals surface area contributed by atoms with Gasteiger partial charge in [-0.2, -0.15) is 0 Å². The number of aliphatic hydroxyl groups is 2. The predicted octanol–water partition coefficient (Wildman–Crippen LogP) is 8.93. The first-order valence-electron chi connectivity index (χ1n) is 16.3. The first-order valence-corrected chi connectivity index (χ1v) is 16.3. The van der Waals surface area contributed by atoms with Gasteiger partial charge < -0.3 is 27.0 Å². The van der Waals surface area contributed by atoms with E-state index in [4.69, 9.17) is 21.4 Å². The monoisotopic (exact) mass is 656 g/mol. The van der Waals surface area contributed by atoms with Gasteiger partial charge in [0.05, 0.1) is 40.0 Å². The second-order valence-corrected chi connectivity index (χ2v) is 11.9. The highest BCUT2D eigenvalue weighted by molar-refractivity contribution is 6.10. The van der Waals surface area contributed by atoms with Gasteiger partial charge >= 0.3 is 0 Å². The number of aliphatic imine (C=N–C) groups is 1. The molecule has 0 spiro atoms. The molecule has 6 aromatic carbocycles. The summed E-state index contributed by atoms with van der Waals surface area (Å²) in [7, 11) is 0. The average molecular weight is 657 g/mol. The van der Waals surface area contributed by atoms with Gasteiger partial charge in [0.2, 0.25) is 0 Å². The van der Waals surface area contributed by atoms with Crippen molar-refractivity contribution >= 4 is 72.6 Å². The molecule has 50 heavy (non-hydrogen) atoms. The van der Waals surface area contributed by atoms with Crippen molar-refractivity contribution in [2.45, 2.75) is 19.8 Å². The lowest BCUT2D eigenvalue weighted by Gasteiger charge is -2.14. The number of aromatic nitrogens is 2. The molecule has 8 aromatic rings. The van der Waals surface area contributed by atoms with Gasteiger partial charge in [-0.25, -0.2) is 9.97 Å². The molecule has 0 fully saturated rings. The summed E-state index contributed by atoms with van der Waals surface area (Å²) >= 11 is 0. The number of para-hydroxylation sites is 4. The van der Waals surface area contributed by atoms with E-state index in [0.29, 0.717) is 11.3 Å². The summed E-state index contributed by atoms with van der Waals surface area (Å²) in [5.41, 5.74) is 22.1. The number of rotatable bonds is 6. The molecule has 2 heterocycles. The van der Waals surface area contributed by atoms with Crippen molar-refractivity contribution in [1.29, 1.82) is 0 Å². The molecular formula is C42H36N6O2. The second-order valence-electron chi connectivity index (χ2n) is 11.9. The van der Waals surface area contributed by atoms with Crippen LogP contribution in [0.5, 0.6) is 0 Å². The van der Waals surface area contributed by atoms with Gasteiger partial charge in [0.25, 0.3) is 0 Å². The zero-order valence-corrected chi connectivity index (χ0v) is 27.5. The molecule has 246 valence electrons. The van der Waals surface area contributed by atoms with E-state index < -0.39 is 6.23 Å². The van der Waals surface area contributed by atoms with Crippen molar-refractivity contribution in [1.82, 2.24) is 9.97 Å². The molecule has 0 amide bonds. The molecule has 0 bridgehead atoms. The molecule has 7 N–H and O–H groups in total. The van der Waals surface area contributed by atoms with E-state index in [1.807, 2.05) is 104 Å². The molecule has 2 aromatic heterocycles. The number of nitrogen functional groups attached to an aromatic ring is 1. The highest BCUT2D eigenvalue weighted by Crippen LogP contribution is 2.38. The predicted molar refractivity (Wildman–Crippen MR) is 207 cm³/mol. The van der Waals surface area contributed by atoms with Crippen molar-refractivity contribution in [2.75, 3.05) is 11.1 Å². The molecule has 1 unspecified atom stereocenters. The van der Waals surface area contributed by atoms with Gasteiger partial charge in [0.15, 0.2) is 0 Å². The van der Waals surface area contributed by atoms with Gasteiger partial charge in [-0.1, -0.05) is 72.8 Å². The number of pyridine rings is 2. The highest BCUT2D eigenvalue weighted by atomic mass is 16.3. The standard InChI is InChI=1S/C22H19N3O.C20H17N3O/c1-2-24-16-12-14(11-15(13-16)22(23)26)21-17-7-3-5-9-19(17)25-20-10-6-4-8-18(20)21;21-14-9-13(12-24)10-15(11-14)22-20-16-5-1-3-7-18(16)23-19-8-4-2-6-17(19)20/h2-13,22,26H,23H2,1H3;1-11,24H,12,21H2,(H,22,23). The maximum Gasteiger partial charge on any atom is 0.128 e. The largest absolute Gasteiger partial charge is 0.399 e. The summed E-state index contributed by atoms with van der Waals surface area (Å²) in [4.78, 5) is 13.9. The second kappa shape index (κ2) is 14.1. The summed E-state index contributed by atoms with van der Waals surface area (Å²) in [6.45, 7) is 1.82. The number of anilines is 3. The topological polar surface area (TPSA) is 143 Å². The molecule has 8 heteroatoms. The van der Waals surface area contributed by atoms with Crippen LogP contribution in [0.3, 0.4) is 0 Å². The van der Waals surface area contributed by atoms with Gasteiger partial charge in [-0.15, -0.1) is 0 Å². The number of fused-ring (bicyclic) bond motifs is 4. The number of nitrogens with one attached hydrogen (secondary N) is 1. The first kappa shape index (κ1) is 32.4.